The predicted octanol–water partition coefficient (Wildman–Crippen LogP) is 6.47. The molecule has 0 unspecified atom stereocenters. The normalized spacial score (nSPS) is 12.2. The van der Waals surface area contributed by atoms with Crippen molar-refractivity contribution in [2.45, 2.75) is 71.1 Å². The highest BCUT2D eigenvalue weighted by Crippen LogP contribution is 2.09. The van der Waals surface area contributed by atoms with E-state index in [1.54, 1.807) is 0 Å². The number of hydrogen-bond donors (Lipinski definition) is 1. The van der Waals surface area contributed by atoms with Gasteiger partial charge in [0.05, 0.1) is 0 Å². The lowest BCUT2D eigenvalue weighted by Gasteiger charge is -1.98. The monoisotopic (exact) mass is 334 g/mol. The van der Waals surface area contributed by atoms with Gasteiger partial charge in [0, 0.05) is 6.42 Å². The fourth-order valence-electron chi connectivity index (χ4n) is 2.26. The lowest BCUT2D eigenvalue weighted by atomic mass is 10.1. The Balaban J connectivity index is 1.86. The second-order valence-electron chi connectivity index (χ2n) is 5.61. The van der Waals surface area contributed by atoms with Crippen molar-refractivity contribution in [2.75, 3.05) is 0 Å². The Hall–Kier alpha value is -1.42. The van der Waals surface area contributed by atoms with E-state index >= 15 is 0 Å². The van der Waals surface area contributed by atoms with E-state index in [9.17, 15) is 0 Å². The summed E-state index contributed by atoms with van der Waals surface area (Å²) >= 11 is 4.85. The molecule has 1 heterocycles. The smallest absolute Gasteiger partial charge is 0.284 e. The number of hydrogen-bond acceptors (Lipinski definition) is 3. The molecular formula is C19H30N2OS. The Morgan fingerprint density at radius 3 is 2.26 bits per heavy atom. The maximum atomic E-state index is 5.23. The summed E-state index contributed by atoms with van der Waals surface area (Å²) in [5.41, 5.74) is 0. The molecule has 0 aromatic carbocycles. The Morgan fingerprint density at radius 2 is 1.57 bits per heavy atom. The van der Waals surface area contributed by atoms with Gasteiger partial charge < -0.3 is 4.42 Å². The maximum Gasteiger partial charge on any atom is 0.284 e. The SMILES string of the molecule is CC/C=C\C/C=C\C/C=C\CCCCCCCc1n[nH]c(=S)o1. The van der Waals surface area contributed by atoms with E-state index in [4.69, 9.17) is 16.6 Å². The van der Waals surface area contributed by atoms with Crippen LogP contribution in [0.4, 0.5) is 0 Å². The Morgan fingerprint density at radius 1 is 0.913 bits per heavy atom. The fourth-order valence-corrected chi connectivity index (χ4v) is 2.40. The largest absolute Gasteiger partial charge is 0.414 e. The molecule has 4 heteroatoms. The lowest BCUT2D eigenvalue weighted by Crippen LogP contribution is -1.86. The molecule has 0 aliphatic heterocycles. The van der Waals surface area contributed by atoms with Crippen LogP contribution in [0.15, 0.2) is 40.9 Å². The van der Waals surface area contributed by atoms with Crippen molar-refractivity contribution >= 4 is 12.2 Å². The number of aromatic nitrogens is 2. The molecule has 1 aromatic heterocycles. The Kier molecular flexibility index (Phi) is 12.1. The first kappa shape index (κ1) is 19.6. The van der Waals surface area contributed by atoms with Crippen LogP contribution in [-0.4, -0.2) is 10.2 Å². The lowest BCUT2D eigenvalue weighted by molar-refractivity contribution is 0.467. The molecule has 128 valence electrons. The van der Waals surface area contributed by atoms with Crippen LogP contribution in [0.3, 0.4) is 0 Å². The molecule has 0 radical (unpaired) electrons. The molecule has 3 nitrogen and oxygen atoms in total. The van der Waals surface area contributed by atoms with Gasteiger partial charge in [-0.3, -0.25) is 0 Å². The molecular weight excluding hydrogens is 304 g/mol. The molecule has 0 aliphatic rings. The van der Waals surface area contributed by atoms with E-state index in [1.165, 1.54) is 32.1 Å². The molecule has 1 aromatic rings. The first-order valence-corrected chi connectivity index (χ1v) is 9.23. The van der Waals surface area contributed by atoms with Gasteiger partial charge in [-0.1, -0.05) is 62.6 Å². The summed E-state index contributed by atoms with van der Waals surface area (Å²) in [6, 6.07) is 0. The van der Waals surface area contributed by atoms with Gasteiger partial charge in [0.25, 0.3) is 4.84 Å². The number of allylic oxidation sites excluding steroid dienone is 6. The molecule has 0 saturated carbocycles. The molecule has 0 fully saturated rings. The summed E-state index contributed by atoms with van der Waals surface area (Å²) in [4.78, 5) is 0.374. The first-order chi connectivity index (χ1) is 11.3. The first-order valence-electron chi connectivity index (χ1n) is 8.82. The Labute approximate surface area is 145 Å². The molecule has 0 aliphatic carbocycles. The van der Waals surface area contributed by atoms with Crippen LogP contribution in [-0.2, 0) is 6.42 Å². The summed E-state index contributed by atoms with van der Waals surface area (Å²) in [6.45, 7) is 2.16. The molecule has 0 atom stereocenters. The van der Waals surface area contributed by atoms with Crippen LogP contribution in [0, 0.1) is 4.84 Å². The third-order valence-electron chi connectivity index (χ3n) is 3.52. The number of rotatable bonds is 13. The second-order valence-corrected chi connectivity index (χ2v) is 5.98. The number of nitrogens with zero attached hydrogens (tertiary/aromatic N) is 1. The average Bonchev–Trinajstić information content (AvgIpc) is 2.96. The number of H-pyrrole nitrogens is 1. The molecule has 1 rings (SSSR count). The van der Waals surface area contributed by atoms with Gasteiger partial charge in [0.15, 0.2) is 0 Å². The van der Waals surface area contributed by atoms with Crippen LogP contribution in [0.2, 0.25) is 0 Å². The van der Waals surface area contributed by atoms with Gasteiger partial charge in [-0.15, -0.1) is 5.10 Å². The summed E-state index contributed by atoms with van der Waals surface area (Å²) in [6.07, 6.45) is 25.0. The van der Waals surface area contributed by atoms with Crippen LogP contribution in [0.5, 0.6) is 0 Å². The number of aryl methyl sites for hydroxylation is 1. The van der Waals surface area contributed by atoms with E-state index in [0.717, 1.165) is 38.0 Å². The second kappa shape index (κ2) is 14.2. The van der Waals surface area contributed by atoms with Gasteiger partial charge in [-0.2, -0.15) is 0 Å². The molecule has 1 N–H and O–H groups in total. The number of unbranched alkanes of at least 4 members (excludes halogenated alkanes) is 5. The van der Waals surface area contributed by atoms with E-state index in [2.05, 4.69) is 53.6 Å². The van der Waals surface area contributed by atoms with Crippen LogP contribution >= 0.6 is 12.2 Å². The highest BCUT2D eigenvalue weighted by atomic mass is 32.1. The summed E-state index contributed by atoms with van der Waals surface area (Å²) in [5, 5.41) is 6.66. The zero-order chi connectivity index (χ0) is 16.6. The summed E-state index contributed by atoms with van der Waals surface area (Å²) in [7, 11) is 0. The fraction of sp³-hybridized carbons (Fsp3) is 0.579. The highest BCUT2D eigenvalue weighted by Gasteiger charge is 1.98. The minimum absolute atomic E-state index is 0.374. The van der Waals surface area contributed by atoms with E-state index in [0.29, 0.717) is 4.84 Å². The zero-order valence-electron chi connectivity index (χ0n) is 14.3. The Bertz CT molecular complexity index is 525. The molecule has 0 saturated heterocycles. The summed E-state index contributed by atoms with van der Waals surface area (Å²) < 4.78 is 5.23. The quantitative estimate of drug-likeness (QED) is 0.255. The van der Waals surface area contributed by atoms with Crippen LogP contribution in [0.25, 0.3) is 0 Å². The van der Waals surface area contributed by atoms with E-state index in [-0.39, 0.29) is 0 Å². The average molecular weight is 335 g/mol. The maximum absolute atomic E-state index is 5.23. The topological polar surface area (TPSA) is 41.8 Å². The van der Waals surface area contributed by atoms with Crippen molar-refractivity contribution in [1.82, 2.24) is 10.2 Å². The third-order valence-corrected chi connectivity index (χ3v) is 3.70. The number of aromatic amines is 1. The van der Waals surface area contributed by atoms with Crippen molar-refractivity contribution in [3.05, 3.63) is 47.2 Å². The van der Waals surface area contributed by atoms with Crippen molar-refractivity contribution in [2.24, 2.45) is 0 Å². The van der Waals surface area contributed by atoms with Gasteiger partial charge in [-0.05, 0) is 50.7 Å². The van der Waals surface area contributed by atoms with Gasteiger partial charge in [0.2, 0.25) is 5.89 Å². The molecule has 0 spiro atoms. The number of nitrogens with one attached hydrogen (secondary N) is 1. The van der Waals surface area contributed by atoms with E-state index < -0.39 is 0 Å². The van der Waals surface area contributed by atoms with Crippen LogP contribution < -0.4 is 0 Å². The van der Waals surface area contributed by atoms with Crippen molar-refractivity contribution in [1.29, 1.82) is 0 Å². The van der Waals surface area contributed by atoms with Gasteiger partial charge in [-0.25, -0.2) is 5.10 Å². The molecule has 23 heavy (non-hydrogen) atoms. The van der Waals surface area contributed by atoms with Crippen molar-refractivity contribution < 1.29 is 4.42 Å². The minimum Gasteiger partial charge on any atom is -0.414 e. The highest BCUT2D eigenvalue weighted by molar-refractivity contribution is 7.71. The van der Waals surface area contributed by atoms with E-state index in [1.807, 2.05) is 0 Å². The summed E-state index contributed by atoms with van der Waals surface area (Å²) in [5.74, 6) is 0.733. The van der Waals surface area contributed by atoms with Crippen molar-refractivity contribution in [3.8, 4) is 0 Å². The van der Waals surface area contributed by atoms with Crippen molar-refractivity contribution in [3.63, 3.8) is 0 Å². The molecule has 0 bridgehead atoms. The standard InChI is InChI=1S/C19H30N2OS/c1-2-3-4-5-6-7-8-9-10-11-12-13-14-15-16-17-18-20-21-19(23)22-18/h3-4,6-7,9-10H,2,5,8,11-17H2,1H3,(H,21,23)/b4-3-,7-6-,10-9-. The predicted molar refractivity (Wildman–Crippen MR) is 100 cm³/mol. The third kappa shape index (κ3) is 11.8. The van der Waals surface area contributed by atoms with Crippen LogP contribution in [0.1, 0.15) is 70.6 Å². The zero-order valence-corrected chi connectivity index (χ0v) is 15.1. The van der Waals surface area contributed by atoms with Gasteiger partial charge in [0.1, 0.15) is 0 Å². The van der Waals surface area contributed by atoms with Gasteiger partial charge >= 0.3 is 0 Å². The molecule has 0 amide bonds. The minimum atomic E-state index is 0.374.